The van der Waals surface area contributed by atoms with Gasteiger partial charge in [0.2, 0.25) is 5.95 Å². The Balaban J connectivity index is 1.19. The molecule has 0 bridgehead atoms. The zero-order valence-electron chi connectivity index (χ0n) is 28.5. The molecule has 5 heteroatoms. The number of fused-ring (bicyclic) bond motifs is 9. The van der Waals surface area contributed by atoms with Gasteiger partial charge in [-0.2, -0.15) is 0 Å². The molecule has 0 unspecified atom stereocenters. The summed E-state index contributed by atoms with van der Waals surface area (Å²) in [4.78, 5) is 13.0. The minimum Gasteiger partial charge on any atom is -0.455 e. The molecule has 0 aliphatic carbocycles. The van der Waals surface area contributed by atoms with E-state index in [0.717, 1.165) is 93.7 Å². The van der Waals surface area contributed by atoms with Crippen molar-refractivity contribution < 1.29 is 4.42 Å². The van der Waals surface area contributed by atoms with E-state index in [2.05, 4.69) is 185 Å². The van der Waals surface area contributed by atoms with E-state index in [1.54, 1.807) is 0 Å². The average molecular weight is 679 g/mol. The molecule has 0 aliphatic heterocycles. The van der Waals surface area contributed by atoms with E-state index in [1.807, 2.05) is 6.07 Å². The van der Waals surface area contributed by atoms with Gasteiger partial charge in [0.1, 0.15) is 11.2 Å². The van der Waals surface area contributed by atoms with Gasteiger partial charge < -0.3 is 9.32 Å². The molecule has 248 valence electrons. The minimum atomic E-state index is 0.603. The Morgan fingerprint density at radius 2 is 1.04 bits per heavy atom. The van der Waals surface area contributed by atoms with Gasteiger partial charge in [-0.1, -0.05) is 121 Å². The SMILES string of the molecule is c1ccc(N(c2ccccc2)c2ccc3c4ccccc4n(-c4nc(-c5cccc6c5oc5c7ccccc7ccc65)c5ccccc5n4)c3c2)cc1. The third-order valence-corrected chi connectivity index (χ3v) is 10.4. The van der Waals surface area contributed by atoms with Gasteiger partial charge in [0, 0.05) is 54.9 Å². The van der Waals surface area contributed by atoms with Gasteiger partial charge in [-0.05, 0) is 66.0 Å². The van der Waals surface area contributed by atoms with Crippen LogP contribution in [0, 0.1) is 0 Å². The second-order valence-electron chi connectivity index (χ2n) is 13.4. The highest BCUT2D eigenvalue weighted by Gasteiger charge is 2.22. The smallest absolute Gasteiger partial charge is 0.235 e. The topological polar surface area (TPSA) is 47.1 Å². The van der Waals surface area contributed by atoms with Crippen LogP contribution in [0.25, 0.3) is 82.6 Å². The van der Waals surface area contributed by atoms with Crippen LogP contribution in [-0.2, 0) is 0 Å². The van der Waals surface area contributed by atoms with Gasteiger partial charge >= 0.3 is 0 Å². The Morgan fingerprint density at radius 3 is 1.85 bits per heavy atom. The fraction of sp³-hybridized carbons (Fsp3) is 0. The first-order valence-corrected chi connectivity index (χ1v) is 17.8. The van der Waals surface area contributed by atoms with Gasteiger partial charge in [0.05, 0.1) is 22.2 Å². The number of hydrogen-bond donors (Lipinski definition) is 0. The number of anilines is 3. The van der Waals surface area contributed by atoms with Gasteiger partial charge in [-0.25, -0.2) is 9.97 Å². The molecule has 11 aromatic rings. The van der Waals surface area contributed by atoms with Crippen molar-refractivity contribution in [2.24, 2.45) is 0 Å². The lowest BCUT2D eigenvalue weighted by Gasteiger charge is -2.25. The number of benzene rings is 8. The second-order valence-corrected chi connectivity index (χ2v) is 13.4. The number of furan rings is 1. The standard InChI is InChI=1S/C48H30N4O/c1-3-15-32(16-4-1)51(33-17-5-2-6-18-33)34-27-29-37-36-20-10-12-25-43(36)52(44(37)30-34)48-49-42-24-11-9-21-40(42)45(50-48)41-23-13-22-38-39-28-26-31-14-7-8-19-35(31)46(39)53-47(38)41/h1-30H. The molecular weight excluding hydrogens is 649 g/mol. The van der Waals surface area contributed by atoms with Crippen LogP contribution in [0.15, 0.2) is 186 Å². The lowest BCUT2D eigenvalue weighted by Crippen LogP contribution is -2.10. The molecule has 11 rings (SSSR count). The Bertz CT molecular complexity index is 3140. The van der Waals surface area contributed by atoms with Gasteiger partial charge in [0.15, 0.2) is 0 Å². The summed E-state index contributed by atoms with van der Waals surface area (Å²) in [6.07, 6.45) is 0. The first-order valence-electron chi connectivity index (χ1n) is 17.8. The number of para-hydroxylation sites is 5. The van der Waals surface area contributed by atoms with Crippen molar-refractivity contribution in [1.82, 2.24) is 14.5 Å². The minimum absolute atomic E-state index is 0.603. The third kappa shape index (κ3) is 4.57. The molecule has 5 nitrogen and oxygen atoms in total. The Morgan fingerprint density at radius 1 is 0.415 bits per heavy atom. The Labute approximate surface area is 304 Å². The highest BCUT2D eigenvalue weighted by atomic mass is 16.3. The first-order chi connectivity index (χ1) is 26.3. The van der Waals surface area contributed by atoms with Crippen molar-refractivity contribution in [3.05, 3.63) is 182 Å². The molecule has 53 heavy (non-hydrogen) atoms. The highest BCUT2D eigenvalue weighted by molar-refractivity contribution is 6.18. The molecule has 0 saturated heterocycles. The predicted octanol–water partition coefficient (Wildman–Crippen LogP) is 12.9. The summed E-state index contributed by atoms with van der Waals surface area (Å²) < 4.78 is 9.04. The van der Waals surface area contributed by atoms with Crippen molar-refractivity contribution >= 4 is 82.5 Å². The molecule has 0 amide bonds. The third-order valence-electron chi connectivity index (χ3n) is 10.4. The van der Waals surface area contributed by atoms with Crippen LogP contribution < -0.4 is 4.90 Å². The van der Waals surface area contributed by atoms with Crippen molar-refractivity contribution in [1.29, 1.82) is 0 Å². The maximum atomic E-state index is 6.82. The normalized spacial score (nSPS) is 11.8. The summed E-state index contributed by atoms with van der Waals surface area (Å²) in [5.74, 6) is 0.603. The molecule has 0 N–H and O–H groups in total. The van der Waals surface area contributed by atoms with Crippen LogP contribution >= 0.6 is 0 Å². The van der Waals surface area contributed by atoms with Crippen LogP contribution in [0.3, 0.4) is 0 Å². The molecule has 3 heterocycles. The van der Waals surface area contributed by atoms with Gasteiger partial charge in [0.25, 0.3) is 0 Å². The van der Waals surface area contributed by atoms with E-state index >= 15 is 0 Å². The summed E-state index contributed by atoms with van der Waals surface area (Å²) in [7, 11) is 0. The lowest BCUT2D eigenvalue weighted by atomic mass is 10.0. The predicted molar refractivity (Wildman–Crippen MR) is 219 cm³/mol. The fourth-order valence-electron chi connectivity index (χ4n) is 8.00. The van der Waals surface area contributed by atoms with Crippen LogP contribution in [0.4, 0.5) is 17.1 Å². The lowest BCUT2D eigenvalue weighted by molar-refractivity contribution is 0.673. The largest absolute Gasteiger partial charge is 0.455 e. The summed E-state index contributed by atoms with van der Waals surface area (Å²) >= 11 is 0. The van der Waals surface area contributed by atoms with E-state index in [9.17, 15) is 0 Å². The van der Waals surface area contributed by atoms with Crippen molar-refractivity contribution in [2.75, 3.05) is 4.90 Å². The number of hydrogen-bond acceptors (Lipinski definition) is 4. The molecular formula is C48H30N4O. The molecule has 0 fully saturated rings. The average Bonchev–Trinajstić information content (AvgIpc) is 3.77. The molecule has 0 radical (unpaired) electrons. The summed E-state index contributed by atoms with van der Waals surface area (Å²) in [5, 5.41) is 7.65. The van der Waals surface area contributed by atoms with Crippen LogP contribution in [0.5, 0.6) is 0 Å². The first kappa shape index (κ1) is 29.5. The van der Waals surface area contributed by atoms with E-state index < -0.39 is 0 Å². The maximum absolute atomic E-state index is 6.82. The number of aromatic nitrogens is 3. The van der Waals surface area contributed by atoms with Crippen LogP contribution in [0.1, 0.15) is 0 Å². The summed E-state index contributed by atoms with van der Waals surface area (Å²) in [5.41, 5.74) is 9.60. The molecule has 0 saturated carbocycles. The summed E-state index contributed by atoms with van der Waals surface area (Å²) in [6.45, 7) is 0. The van der Waals surface area contributed by atoms with E-state index in [4.69, 9.17) is 14.4 Å². The zero-order valence-corrected chi connectivity index (χ0v) is 28.5. The van der Waals surface area contributed by atoms with Crippen molar-refractivity contribution in [2.45, 2.75) is 0 Å². The molecule has 3 aromatic heterocycles. The molecule has 0 atom stereocenters. The summed E-state index contributed by atoms with van der Waals surface area (Å²) in [6, 6.07) is 63.6. The number of nitrogens with zero attached hydrogens (tertiary/aromatic N) is 4. The monoisotopic (exact) mass is 678 g/mol. The number of rotatable bonds is 5. The molecule has 0 aliphatic rings. The van der Waals surface area contributed by atoms with Crippen LogP contribution in [-0.4, -0.2) is 14.5 Å². The van der Waals surface area contributed by atoms with Gasteiger partial charge in [-0.15, -0.1) is 0 Å². The van der Waals surface area contributed by atoms with Crippen molar-refractivity contribution in [3.8, 4) is 17.2 Å². The molecule has 0 spiro atoms. The van der Waals surface area contributed by atoms with E-state index in [1.165, 1.54) is 0 Å². The van der Waals surface area contributed by atoms with Crippen LogP contribution in [0.2, 0.25) is 0 Å². The second kappa shape index (κ2) is 11.7. The quantitative estimate of drug-likeness (QED) is 0.182. The van der Waals surface area contributed by atoms with Gasteiger partial charge in [-0.3, -0.25) is 4.57 Å². The van der Waals surface area contributed by atoms with E-state index in [0.29, 0.717) is 5.95 Å². The van der Waals surface area contributed by atoms with E-state index in [-0.39, 0.29) is 0 Å². The molecule has 8 aromatic carbocycles. The Kier molecular flexibility index (Phi) is 6.48. The van der Waals surface area contributed by atoms with Crippen molar-refractivity contribution in [3.63, 3.8) is 0 Å². The highest BCUT2D eigenvalue weighted by Crippen LogP contribution is 2.42. The zero-order chi connectivity index (χ0) is 34.9. The fourth-order valence-corrected chi connectivity index (χ4v) is 8.00. The maximum Gasteiger partial charge on any atom is 0.235 e. The Hall–Kier alpha value is -7.24.